The highest BCUT2D eigenvalue weighted by molar-refractivity contribution is 5.76. The van der Waals surface area contributed by atoms with E-state index < -0.39 is 0 Å². The minimum absolute atomic E-state index is 0.0125. The van der Waals surface area contributed by atoms with Crippen LogP contribution in [0.4, 0.5) is 10.1 Å². The Morgan fingerprint density at radius 2 is 1.69 bits per heavy atom. The summed E-state index contributed by atoms with van der Waals surface area (Å²) in [5, 5.41) is 8.29. The molecule has 1 fully saturated rings. The van der Waals surface area contributed by atoms with Crippen molar-refractivity contribution in [2.24, 2.45) is 0 Å². The molecule has 9 heteroatoms. The summed E-state index contributed by atoms with van der Waals surface area (Å²) in [5.41, 5.74) is 3.47. The lowest BCUT2D eigenvalue weighted by Gasteiger charge is -2.36. The quantitative estimate of drug-likeness (QED) is 0.445. The van der Waals surface area contributed by atoms with Gasteiger partial charge in [-0.25, -0.2) is 4.39 Å². The van der Waals surface area contributed by atoms with Crippen LogP contribution in [0.3, 0.4) is 0 Å². The van der Waals surface area contributed by atoms with Crippen LogP contribution in [0.25, 0.3) is 11.3 Å². The molecule has 5 rings (SSSR count). The smallest absolute Gasteiger partial charge is 0.300 e. The zero-order chi connectivity index (χ0) is 24.5. The first kappa shape index (κ1) is 22.8. The average molecular weight is 475 g/mol. The van der Waals surface area contributed by atoms with Crippen LogP contribution >= 0.6 is 0 Å². The third-order valence-electron chi connectivity index (χ3n) is 6.41. The summed E-state index contributed by atoms with van der Waals surface area (Å²) in [7, 11) is 0. The number of carbonyl (C=O) groups excluding carboxylic acids is 1. The van der Waals surface area contributed by atoms with Gasteiger partial charge in [0.05, 0.1) is 5.69 Å². The molecule has 1 saturated heterocycles. The van der Waals surface area contributed by atoms with Gasteiger partial charge in [-0.1, -0.05) is 18.2 Å². The Morgan fingerprint density at radius 3 is 2.40 bits per heavy atom. The van der Waals surface area contributed by atoms with Crippen LogP contribution in [0.2, 0.25) is 0 Å². The van der Waals surface area contributed by atoms with E-state index in [0.29, 0.717) is 44.1 Å². The van der Waals surface area contributed by atoms with Crippen LogP contribution in [0.5, 0.6) is 0 Å². The van der Waals surface area contributed by atoms with E-state index in [-0.39, 0.29) is 29.4 Å². The van der Waals surface area contributed by atoms with Crippen molar-refractivity contribution in [1.82, 2.24) is 24.1 Å². The number of aryl methyl sites for hydroxylation is 3. The van der Waals surface area contributed by atoms with Crippen molar-refractivity contribution < 1.29 is 9.18 Å². The zero-order valence-electron chi connectivity index (χ0n) is 19.8. The Balaban J connectivity index is 1.25. The van der Waals surface area contributed by atoms with Crippen LogP contribution in [-0.2, 0) is 11.2 Å². The lowest BCUT2D eigenvalue weighted by atomic mass is 10.1. The van der Waals surface area contributed by atoms with Crippen molar-refractivity contribution in [3.8, 4) is 5.69 Å². The molecular weight excluding hydrogens is 447 g/mol. The van der Waals surface area contributed by atoms with Crippen LogP contribution < -0.4 is 10.5 Å². The molecule has 1 aliphatic rings. The number of hydrogen-bond donors (Lipinski definition) is 0. The Morgan fingerprint density at radius 1 is 0.971 bits per heavy atom. The van der Waals surface area contributed by atoms with Crippen molar-refractivity contribution in [3.05, 3.63) is 88.0 Å². The first-order chi connectivity index (χ1) is 16.9. The van der Waals surface area contributed by atoms with Gasteiger partial charge in [-0.3, -0.25) is 18.6 Å². The van der Waals surface area contributed by atoms with Gasteiger partial charge < -0.3 is 9.80 Å². The van der Waals surface area contributed by atoms with Crippen LogP contribution in [0.1, 0.15) is 23.4 Å². The molecule has 0 atom stereocenters. The first-order valence-corrected chi connectivity index (χ1v) is 11.7. The molecule has 1 aliphatic heterocycles. The molecule has 2 aromatic carbocycles. The molecule has 0 N–H and O–H groups in total. The number of carbonyl (C=O) groups is 1. The number of piperazine rings is 1. The number of rotatable bonds is 5. The number of hydrogen-bond acceptors (Lipinski definition) is 5. The molecule has 3 heterocycles. The zero-order valence-corrected chi connectivity index (χ0v) is 19.8. The molecule has 0 radical (unpaired) electrons. The number of para-hydroxylation sites is 1. The normalized spacial score (nSPS) is 14.0. The fourth-order valence-electron chi connectivity index (χ4n) is 4.68. The Labute approximate surface area is 202 Å². The Hall–Kier alpha value is -4.01. The summed E-state index contributed by atoms with van der Waals surface area (Å²) in [6.45, 7) is 6.22. The molecule has 0 spiro atoms. The predicted molar refractivity (Wildman–Crippen MR) is 132 cm³/mol. The van der Waals surface area contributed by atoms with Gasteiger partial charge in [-0.2, -0.15) is 0 Å². The van der Waals surface area contributed by atoms with Gasteiger partial charge in [0.25, 0.3) is 0 Å². The Bertz CT molecular complexity index is 1430. The number of fused-ring (bicyclic) bond motifs is 1. The van der Waals surface area contributed by atoms with Crippen LogP contribution in [0, 0.1) is 19.7 Å². The maximum atomic E-state index is 14.1. The molecule has 0 saturated carbocycles. The molecule has 1 amide bonds. The molecule has 0 unspecified atom stereocenters. The van der Waals surface area contributed by atoms with Gasteiger partial charge in [-0.15, -0.1) is 10.2 Å². The van der Waals surface area contributed by atoms with Crippen molar-refractivity contribution >= 4 is 17.2 Å². The fourth-order valence-corrected chi connectivity index (χ4v) is 4.68. The molecular formula is C26H27FN6O2. The molecule has 0 bridgehead atoms. The largest absolute Gasteiger partial charge is 0.366 e. The van der Waals surface area contributed by atoms with Crippen molar-refractivity contribution in [2.75, 3.05) is 31.1 Å². The number of halogens is 1. The fraction of sp³-hybridized carbons (Fsp3) is 0.308. The first-order valence-electron chi connectivity index (χ1n) is 11.7. The van der Waals surface area contributed by atoms with Gasteiger partial charge in [-0.05, 0) is 49.2 Å². The maximum Gasteiger partial charge on any atom is 0.300 e. The topological polar surface area (TPSA) is 75.7 Å². The summed E-state index contributed by atoms with van der Waals surface area (Å²) in [4.78, 5) is 29.6. The second-order valence-electron chi connectivity index (χ2n) is 8.95. The number of anilines is 1. The molecule has 4 aromatic rings. The summed E-state index contributed by atoms with van der Waals surface area (Å²) in [6, 6.07) is 12.7. The van der Waals surface area contributed by atoms with E-state index in [0.717, 1.165) is 16.8 Å². The molecule has 8 nitrogen and oxygen atoms in total. The molecule has 0 aliphatic carbocycles. The number of benzene rings is 2. The van der Waals surface area contributed by atoms with E-state index in [1.807, 2.05) is 36.9 Å². The highest BCUT2D eigenvalue weighted by Crippen LogP contribution is 2.20. The van der Waals surface area contributed by atoms with Crippen LogP contribution in [0.15, 0.2) is 59.7 Å². The lowest BCUT2D eigenvalue weighted by Crippen LogP contribution is -2.49. The standard InChI is InChI=1S/C26H27FN6O2/c1-18-15-19(2)17-20(16-18)32-13-14-33-23(28-29-25(33)26(32)35)7-8-24(34)31-11-9-30(10-12-31)22-6-4-3-5-21(22)27/h3-6,13-17H,7-12H2,1-2H3. The molecule has 2 aromatic heterocycles. The predicted octanol–water partition coefficient (Wildman–Crippen LogP) is 2.92. The minimum Gasteiger partial charge on any atom is -0.366 e. The Kier molecular flexibility index (Phi) is 6.07. The van der Waals surface area contributed by atoms with E-state index in [2.05, 4.69) is 16.3 Å². The van der Waals surface area contributed by atoms with Gasteiger partial charge >= 0.3 is 5.56 Å². The van der Waals surface area contributed by atoms with E-state index in [1.54, 1.807) is 38.4 Å². The van der Waals surface area contributed by atoms with Crippen molar-refractivity contribution in [3.63, 3.8) is 0 Å². The molecule has 180 valence electrons. The van der Waals surface area contributed by atoms with E-state index >= 15 is 0 Å². The summed E-state index contributed by atoms with van der Waals surface area (Å²) in [6.07, 6.45) is 4.11. The number of nitrogens with zero attached hydrogens (tertiary/aromatic N) is 6. The minimum atomic E-state index is -0.258. The van der Waals surface area contributed by atoms with E-state index in [4.69, 9.17) is 0 Å². The third-order valence-corrected chi connectivity index (χ3v) is 6.41. The highest BCUT2D eigenvalue weighted by atomic mass is 19.1. The average Bonchev–Trinajstić information content (AvgIpc) is 3.26. The van der Waals surface area contributed by atoms with E-state index in [1.165, 1.54) is 6.07 Å². The van der Waals surface area contributed by atoms with Gasteiger partial charge in [0.1, 0.15) is 11.6 Å². The van der Waals surface area contributed by atoms with Gasteiger partial charge in [0.2, 0.25) is 11.6 Å². The van der Waals surface area contributed by atoms with Crippen molar-refractivity contribution in [2.45, 2.75) is 26.7 Å². The number of aromatic nitrogens is 4. The highest BCUT2D eigenvalue weighted by Gasteiger charge is 2.23. The summed E-state index contributed by atoms with van der Waals surface area (Å²) < 4.78 is 17.3. The monoisotopic (exact) mass is 474 g/mol. The lowest BCUT2D eigenvalue weighted by molar-refractivity contribution is -0.131. The second kappa shape index (κ2) is 9.32. The summed E-state index contributed by atoms with van der Waals surface area (Å²) in [5.74, 6) is 0.337. The molecule has 35 heavy (non-hydrogen) atoms. The van der Waals surface area contributed by atoms with Gasteiger partial charge in [0.15, 0.2) is 0 Å². The maximum absolute atomic E-state index is 14.1. The summed E-state index contributed by atoms with van der Waals surface area (Å²) >= 11 is 0. The van der Waals surface area contributed by atoms with Crippen molar-refractivity contribution in [1.29, 1.82) is 0 Å². The van der Waals surface area contributed by atoms with E-state index in [9.17, 15) is 14.0 Å². The SMILES string of the molecule is Cc1cc(C)cc(-n2ccn3c(CCC(=O)N4CCN(c5ccccc5F)CC4)nnc3c2=O)c1. The van der Waals surface area contributed by atoms with Gasteiger partial charge in [0, 0.05) is 57.1 Å². The number of amides is 1. The third kappa shape index (κ3) is 4.53. The second-order valence-corrected chi connectivity index (χ2v) is 8.95. The van der Waals surface area contributed by atoms with Crippen LogP contribution in [-0.4, -0.2) is 56.2 Å².